The van der Waals surface area contributed by atoms with E-state index in [1.54, 1.807) is 0 Å². The Balaban J connectivity index is 2.37. The van der Waals surface area contributed by atoms with Crippen molar-refractivity contribution < 1.29 is 23.1 Å². The Hall–Kier alpha value is 0.623. The molecule has 1 heterocycles. The molecule has 0 spiro atoms. The average Bonchev–Trinajstić information content (AvgIpc) is 2.50. The quantitative estimate of drug-likeness (QED) is 0.547. The maximum absolute atomic E-state index is 11.7. The fourth-order valence-electron chi connectivity index (χ4n) is 1.71. The predicted molar refractivity (Wildman–Crippen MR) is 64.7 cm³/mol. The summed E-state index contributed by atoms with van der Waals surface area (Å²) in [6, 6.07) is 0. The molecule has 0 saturated carbocycles. The summed E-state index contributed by atoms with van der Waals surface area (Å²) in [5, 5.41) is 1.40. The third-order valence-electron chi connectivity index (χ3n) is 2.45. The molecule has 0 aromatic carbocycles. The Morgan fingerprint density at radius 3 is 2.80 bits per heavy atom. The molecule has 1 rings (SSSR count). The molecule has 1 atom stereocenters. The van der Waals surface area contributed by atoms with Gasteiger partial charge in [0.2, 0.25) is 0 Å². The zero-order valence-corrected chi connectivity index (χ0v) is 14.9. The molecule has 1 fully saturated rings. The summed E-state index contributed by atoms with van der Waals surface area (Å²) < 4.78 is 5.35. The second-order valence-corrected chi connectivity index (χ2v) is 12.7. The van der Waals surface area contributed by atoms with E-state index in [1.165, 1.54) is 11.4 Å². The van der Waals surface area contributed by atoms with Gasteiger partial charge in [-0.1, -0.05) is 0 Å². The van der Waals surface area contributed by atoms with Gasteiger partial charge in [0.15, 0.2) is 0 Å². The molecule has 1 saturated heterocycles. The average molecular weight is 377 g/mol. The Kier molecular flexibility index (Phi) is 5.30. The standard InChI is InChI=1S/C10H18NO2.HI.Zn/c1-8-5-6-11(7-8)9(12)13-10(2,3)4;;/h8H,1,5-7H2,2-4H3;1H;/q;;+1/p-1. The molecular weight excluding hydrogens is 358 g/mol. The maximum atomic E-state index is 11.7. The first-order valence-electron chi connectivity index (χ1n) is 5.46. The van der Waals surface area contributed by atoms with Gasteiger partial charge in [0.25, 0.3) is 0 Å². The summed E-state index contributed by atoms with van der Waals surface area (Å²) in [5.41, 5.74) is -0.365. The van der Waals surface area contributed by atoms with Crippen LogP contribution in [0.15, 0.2) is 0 Å². The molecule has 0 bridgehead atoms. The molecule has 1 unspecified atom stereocenters. The van der Waals surface area contributed by atoms with Crippen LogP contribution in [0.4, 0.5) is 4.79 Å². The van der Waals surface area contributed by atoms with E-state index in [9.17, 15) is 4.79 Å². The molecule has 1 amide bonds. The van der Waals surface area contributed by atoms with Crippen molar-refractivity contribution in [3.8, 4) is 0 Å². The van der Waals surface area contributed by atoms with Crippen LogP contribution in [0.5, 0.6) is 0 Å². The summed E-state index contributed by atoms with van der Waals surface area (Å²) in [7, 11) is 0. The van der Waals surface area contributed by atoms with Gasteiger partial charge in [-0.15, -0.1) is 0 Å². The van der Waals surface area contributed by atoms with Gasteiger partial charge in [-0.2, -0.15) is 0 Å². The van der Waals surface area contributed by atoms with Crippen LogP contribution in [0, 0.1) is 5.92 Å². The third kappa shape index (κ3) is 4.98. The van der Waals surface area contributed by atoms with E-state index < -0.39 is 0 Å². The minimum absolute atomic E-state index is 0.133. The third-order valence-corrected chi connectivity index (χ3v) is 7.86. The van der Waals surface area contributed by atoms with Crippen molar-refractivity contribution in [1.82, 2.24) is 4.90 Å². The zero-order valence-electron chi connectivity index (χ0n) is 9.75. The van der Waals surface area contributed by atoms with Crippen LogP contribution in [-0.2, 0) is 18.3 Å². The number of amides is 1. The predicted octanol–water partition coefficient (Wildman–Crippen LogP) is 3.09. The minimum atomic E-state index is -0.365. The van der Waals surface area contributed by atoms with Gasteiger partial charge in [0.05, 0.1) is 0 Å². The van der Waals surface area contributed by atoms with Crippen LogP contribution < -0.4 is 0 Å². The Labute approximate surface area is 110 Å². The molecule has 0 aromatic rings. The van der Waals surface area contributed by atoms with Gasteiger partial charge >= 0.3 is 111 Å². The Morgan fingerprint density at radius 2 is 2.27 bits per heavy atom. The number of hydrogen-bond donors (Lipinski definition) is 0. The summed E-state index contributed by atoms with van der Waals surface area (Å²) in [5.74, 6) is 0.759. The van der Waals surface area contributed by atoms with Gasteiger partial charge in [0, 0.05) is 0 Å². The fraction of sp³-hybridized carbons (Fsp3) is 0.900. The first-order valence-corrected chi connectivity index (χ1v) is 16.6. The van der Waals surface area contributed by atoms with E-state index in [-0.39, 0.29) is 25.3 Å². The van der Waals surface area contributed by atoms with Crippen molar-refractivity contribution in [3.63, 3.8) is 0 Å². The number of carbonyl (C=O) groups is 1. The molecule has 3 nitrogen and oxygen atoms in total. The van der Waals surface area contributed by atoms with Gasteiger partial charge in [0.1, 0.15) is 0 Å². The zero-order chi connectivity index (χ0) is 11.5. The Morgan fingerprint density at radius 1 is 1.60 bits per heavy atom. The van der Waals surface area contributed by atoms with Crippen molar-refractivity contribution >= 4 is 25.8 Å². The topological polar surface area (TPSA) is 29.5 Å². The number of hydrogen-bond acceptors (Lipinski definition) is 2. The molecule has 84 valence electrons. The van der Waals surface area contributed by atoms with Crippen LogP contribution in [0.25, 0.3) is 0 Å². The number of halogens is 1. The van der Waals surface area contributed by atoms with Gasteiger partial charge in [-0.3, -0.25) is 0 Å². The number of carbonyl (C=O) groups excluding carboxylic acids is 1. The molecule has 0 aliphatic carbocycles. The number of rotatable bonds is 2. The van der Waals surface area contributed by atoms with E-state index in [2.05, 4.69) is 19.8 Å². The molecule has 0 aromatic heterocycles. The second-order valence-electron chi connectivity index (χ2n) is 5.06. The second kappa shape index (κ2) is 5.80. The van der Waals surface area contributed by atoms with Gasteiger partial charge in [-0.05, 0) is 0 Å². The van der Waals surface area contributed by atoms with Crippen LogP contribution in [-0.4, -0.2) is 29.7 Å². The van der Waals surface area contributed by atoms with Gasteiger partial charge in [-0.25, -0.2) is 0 Å². The van der Waals surface area contributed by atoms with E-state index in [1.807, 2.05) is 25.7 Å². The van der Waals surface area contributed by atoms with Crippen molar-refractivity contribution in [1.29, 1.82) is 0 Å². The van der Waals surface area contributed by atoms with Crippen molar-refractivity contribution in [2.75, 3.05) is 13.1 Å². The summed E-state index contributed by atoms with van der Waals surface area (Å²) in [4.78, 5) is 13.6. The molecule has 0 N–H and O–H groups in total. The first-order chi connectivity index (χ1) is 6.92. The monoisotopic (exact) mass is 375 g/mol. The van der Waals surface area contributed by atoms with Crippen molar-refractivity contribution in [2.24, 2.45) is 5.92 Å². The van der Waals surface area contributed by atoms with E-state index in [4.69, 9.17) is 4.74 Å². The molecule has 1 aliphatic heterocycles. The SMILES string of the molecule is CC(C)(C)OC(=O)N1CCC([CH2][Zn][I])C1. The molecule has 15 heavy (non-hydrogen) atoms. The van der Waals surface area contributed by atoms with E-state index in [0.717, 1.165) is 19.0 Å². The summed E-state index contributed by atoms with van der Waals surface area (Å²) in [6.45, 7) is 7.55. The van der Waals surface area contributed by atoms with Crippen molar-refractivity contribution in [3.05, 3.63) is 0 Å². The van der Waals surface area contributed by atoms with E-state index >= 15 is 0 Å². The normalized spacial score (nSPS) is 21.3. The van der Waals surface area contributed by atoms with Crippen molar-refractivity contribution in [2.45, 2.75) is 37.8 Å². The summed E-state index contributed by atoms with van der Waals surface area (Å²) in [6.07, 6.45) is 1.04. The van der Waals surface area contributed by atoms with Crippen LogP contribution in [0.1, 0.15) is 27.2 Å². The van der Waals surface area contributed by atoms with Crippen LogP contribution in [0.2, 0.25) is 5.02 Å². The van der Waals surface area contributed by atoms with Gasteiger partial charge < -0.3 is 0 Å². The van der Waals surface area contributed by atoms with Crippen LogP contribution >= 0.6 is 19.8 Å². The molecule has 0 radical (unpaired) electrons. The van der Waals surface area contributed by atoms with E-state index in [0.29, 0.717) is 0 Å². The first kappa shape index (κ1) is 13.7. The summed E-state index contributed by atoms with van der Waals surface area (Å²) >= 11 is 2.29. The Bertz CT molecular complexity index is 230. The molecular formula is C10H18INO2Zn. The van der Waals surface area contributed by atoms with Crippen LogP contribution in [0.3, 0.4) is 0 Å². The number of nitrogens with zero attached hydrogens (tertiary/aromatic N) is 1. The molecule has 5 heteroatoms. The fourth-order valence-corrected chi connectivity index (χ4v) is 7.93. The number of likely N-dealkylation sites (tertiary alicyclic amines) is 1. The molecule has 1 aliphatic rings. The number of ether oxygens (including phenoxy) is 1.